The Hall–Kier alpha value is -3.34. The average Bonchev–Trinajstić information content (AvgIpc) is 3.46. The van der Waals surface area contributed by atoms with E-state index < -0.39 is 10.0 Å². The third-order valence-corrected chi connectivity index (χ3v) is 10.4. The Morgan fingerprint density at radius 1 is 0.950 bits per heavy atom. The highest BCUT2D eigenvalue weighted by molar-refractivity contribution is 7.89. The van der Waals surface area contributed by atoms with Gasteiger partial charge < -0.3 is 15.1 Å². The molecule has 0 amide bonds. The van der Waals surface area contributed by atoms with E-state index in [0.717, 1.165) is 61.2 Å². The van der Waals surface area contributed by atoms with Crippen molar-refractivity contribution < 1.29 is 13.2 Å². The second-order valence-electron chi connectivity index (χ2n) is 11.2. The molecule has 2 fully saturated rings. The van der Waals surface area contributed by atoms with Gasteiger partial charge in [-0.3, -0.25) is 4.79 Å². The molecule has 0 atom stereocenters. The number of aromatic nitrogens is 2. The first-order chi connectivity index (χ1) is 19.3. The summed E-state index contributed by atoms with van der Waals surface area (Å²) in [5.74, 6) is 1.25. The van der Waals surface area contributed by atoms with Gasteiger partial charge in [0.1, 0.15) is 5.82 Å². The third kappa shape index (κ3) is 5.11. The molecule has 40 heavy (non-hydrogen) atoms. The van der Waals surface area contributed by atoms with Crippen molar-refractivity contribution >= 4 is 38.9 Å². The van der Waals surface area contributed by atoms with E-state index in [1.165, 1.54) is 0 Å². The molecule has 1 aromatic heterocycles. The van der Waals surface area contributed by atoms with E-state index in [0.29, 0.717) is 30.8 Å². The quantitative estimate of drug-likeness (QED) is 0.461. The number of hydrogen-bond donors (Lipinski definition) is 1. The van der Waals surface area contributed by atoms with Crippen LogP contribution >= 0.6 is 0 Å². The van der Waals surface area contributed by atoms with Crippen LogP contribution in [0, 0.1) is 0 Å². The summed E-state index contributed by atoms with van der Waals surface area (Å²) in [7, 11) is 0.531. The number of carbonyl (C=O) groups is 1. The second-order valence-corrected chi connectivity index (χ2v) is 13.2. The van der Waals surface area contributed by atoms with E-state index in [2.05, 4.69) is 20.1 Å². The molecule has 0 bridgehead atoms. The van der Waals surface area contributed by atoms with E-state index in [4.69, 9.17) is 4.98 Å². The van der Waals surface area contributed by atoms with Gasteiger partial charge in [0.05, 0.1) is 10.6 Å². The molecule has 2 aromatic carbocycles. The molecule has 3 aliphatic rings. The molecule has 0 radical (unpaired) electrons. The van der Waals surface area contributed by atoms with Gasteiger partial charge in [0.15, 0.2) is 5.78 Å². The number of hydrogen-bond acceptors (Lipinski definition) is 8. The van der Waals surface area contributed by atoms with Gasteiger partial charge in [0, 0.05) is 54.6 Å². The van der Waals surface area contributed by atoms with Crippen LogP contribution in [-0.4, -0.2) is 72.6 Å². The molecule has 2 aliphatic heterocycles. The Morgan fingerprint density at radius 3 is 2.35 bits per heavy atom. The van der Waals surface area contributed by atoms with E-state index in [1.807, 2.05) is 38.4 Å². The Labute approximate surface area is 236 Å². The highest BCUT2D eigenvalue weighted by Crippen LogP contribution is 2.40. The number of Topliss-reactive ketones (excluding diaryl/α,β-unsaturated/α-hetero) is 1. The SMILES string of the molecule is CN(C)C1CCN(S(=O)(=O)c2ccc(Nc3ncc4c(n3)N(C3CCCC3)c3ccccc3C(=O)C4)cc2)CC1. The van der Waals surface area contributed by atoms with E-state index in [-0.39, 0.29) is 23.1 Å². The first kappa shape index (κ1) is 26.9. The fourth-order valence-corrected chi connectivity index (χ4v) is 7.68. The number of carbonyl (C=O) groups excluding carboxylic acids is 1. The number of ketones is 1. The number of fused-ring (bicyclic) bond motifs is 2. The number of nitrogens with one attached hydrogen (secondary N) is 1. The lowest BCUT2D eigenvalue weighted by atomic mass is 10.0. The van der Waals surface area contributed by atoms with E-state index in [9.17, 15) is 13.2 Å². The predicted octanol–water partition coefficient (Wildman–Crippen LogP) is 4.75. The summed E-state index contributed by atoms with van der Waals surface area (Å²) in [4.78, 5) is 27.3. The van der Waals surface area contributed by atoms with Crippen molar-refractivity contribution in [2.24, 2.45) is 0 Å². The Bertz CT molecular complexity index is 1490. The smallest absolute Gasteiger partial charge is 0.243 e. The Kier molecular flexibility index (Phi) is 7.33. The Balaban J connectivity index is 1.24. The fraction of sp³-hybridized carbons (Fsp3) is 0.433. The first-order valence-electron chi connectivity index (χ1n) is 14.1. The maximum absolute atomic E-state index is 13.2. The van der Waals surface area contributed by atoms with Crippen LogP contribution in [0.25, 0.3) is 0 Å². The molecule has 10 heteroatoms. The zero-order valence-electron chi connectivity index (χ0n) is 23.1. The van der Waals surface area contributed by atoms with E-state index >= 15 is 0 Å². The van der Waals surface area contributed by atoms with Crippen molar-refractivity contribution in [3.63, 3.8) is 0 Å². The number of para-hydroxylation sites is 1. The van der Waals surface area contributed by atoms with Crippen molar-refractivity contribution in [2.75, 3.05) is 37.4 Å². The van der Waals surface area contributed by atoms with Crippen LogP contribution in [0.15, 0.2) is 59.6 Å². The molecule has 0 unspecified atom stereocenters. The Morgan fingerprint density at radius 2 is 1.65 bits per heavy atom. The highest BCUT2D eigenvalue weighted by Gasteiger charge is 2.33. The molecule has 6 rings (SSSR count). The molecule has 3 heterocycles. The number of sulfonamides is 1. The zero-order chi connectivity index (χ0) is 27.9. The van der Waals surface area contributed by atoms with Gasteiger partial charge >= 0.3 is 0 Å². The van der Waals surface area contributed by atoms with Crippen LogP contribution in [0.1, 0.15) is 54.4 Å². The normalized spacial score (nSPS) is 19.0. The third-order valence-electron chi connectivity index (χ3n) is 8.48. The van der Waals surface area contributed by atoms with Gasteiger partial charge in [0.2, 0.25) is 16.0 Å². The summed E-state index contributed by atoms with van der Waals surface area (Å²) in [6, 6.07) is 15.3. The van der Waals surface area contributed by atoms with Crippen molar-refractivity contribution in [2.45, 2.75) is 61.9 Å². The number of nitrogens with zero attached hydrogens (tertiary/aromatic N) is 5. The maximum atomic E-state index is 13.2. The molecule has 210 valence electrons. The second kappa shape index (κ2) is 10.9. The molecule has 1 saturated heterocycles. The lowest BCUT2D eigenvalue weighted by molar-refractivity contribution is 0.0994. The van der Waals surface area contributed by atoms with Crippen molar-refractivity contribution in [3.05, 3.63) is 65.9 Å². The monoisotopic (exact) mass is 560 g/mol. The average molecular weight is 561 g/mol. The lowest BCUT2D eigenvalue weighted by Gasteiger charge is -2.34. The highest BCUT2D eigenvalue weighted by atomic mass is 32.2. The topological polar surface area (TPSA) is 98.7 Å². The number of rotatable bonds is 6. The van der Waals surface area contributed by atoms with Gasteiger partial charge in [-0.25, -0.2) is 13.4 Å². The summed E-state index contributed by atoms with van der Waals surface area (Å²) in [5, 5.41) is 3.25. The van der Waals surface area contributed by atoms with Gasteiger partial charge in [-0.2, -0.15) is 9.29 Å². The molecular formula is C30H36N6O3S. The minimum absolute atomic E-state index is 0.0735. The number of benzene rings is 2. The first-order valence-corrected chi connectivity index (χ1v) is 15.6. The van der Waals surface area contributed by atoms with E-state index in [1.54, 1.807) is 34.8 Å². The summed E-state index contributed by atoms with van der Waals surface area (Å²) >= 11 is 0. The molecule has 3 aromatic rings. The van der Waals surface area contributed by atoms with Gasteiger partial charge in [-0.05, 0) is 76.2 Å². The summed E-state index contributed by atoms with van der Waals surface area (Å²) in [5.41, 5.74) is 3.15. The summed E-state index contributed by atoms with van der Waals surface area (Å²) < 4.78 is 28.1. The van der Waals surface area contributed by atoms with Crippen LogP contribution in [0.4, 0.5) is 23.1 Å². The molecule has 0 spiro atoms. The van der Waals surface area contributed by atoms with Crippen LogP contribution in [0.5, 0.6) is 0 Å². The minimum atomic E-state index is -3.55. The van der Waals surface area contributed by atoms with Crippen LogP contribution < -0.4 is 10.2 Å². The van der Waals surface area contributed by atoms with Gasteiger partial charge in [-0.15, -0.1) is 0 Å². The standard InChI is InChI=1S/C30H36N6O3S/c1-34(2)23-15-17-35(18-16-23)40(38,39)25-13-11-22(12-14-25)32-30-31-20-21-19-28(37)26-9-5-6-10-27(26)36(29(21)33-30)24-7-3-4-8-24/h5-6,9-14,20,23-24H,3-4,7-8,15-19H2,1-2H3,(H,31,32,33). The number of anilines is 4. The van der Waals surface area contributed by atoms with Crippen molar-refractivity contribution in [3.8, 4) is 0 Å². The zero-order valence-corrected chi connectivity index (χ0v) is 23.9. The van der Waals surface area contributed by atoms with Gasteiger partial charge in [0.25, 0.3) is 0 Å². The maximum Gasteiger partial charge on any atom is 0.243 e. The fourth-order valence-electron chi connectivity index (χ4n) is 6.21. The molecule has 1 saturated carbocycles. The lowest BCUT2D eigenvalue weighted by Crippen LogP contribution is -2.44. The minimum Gasteiger partial charge on any atom is -0.324 e. The summed E-state index contributed by atoms with van der Waals surface area (Å²) in [6.07, 6.45) is 8.08. The van der Waals surface area contributed by atoms with Crippen LogP contribution in [0.3, 0.4) is 0 Å². The molecule has 1 N–H and O–H groups in total. The van der Waals surface area contributed by atoms with Crippen molar-refractivity contribution in [1.82, 2.24) is 19.2 Å². The van der Waals surface area contributed by atoms with Crippen LogP contribution in [0.2, 0.25) is 0 Å². The van der Waals surface area contributed by atoms with Crippen LogP contribution in [-0.2, 0) is 16.4 Å². The largest absolute Gasteiger partial charge is 0.324 e. The number of piperidine rings is 1. The molecule has 9 nitrogen and oxygen atoms in total. The van der Waals surface area contributed by atoms with Crippen molar-refractivity contribution in [1.29, 1.82) is 0 Å². The van der Waals surface area contributed by atoms with Gasteiger partial charge in [-0.1, -0.05) is 25.0 Å². The molecule has 1 aliphatic carbocycles. The predicted molar refractivity (Wildman–Crippen MR) is 156 cm³/mol. The summed E-state index contributed by atoms with van der Waals surface area (Å²) in [6.45, 7) is 1.05. The molecular weight excluding hydrogens is 524 g/mol.